The van der Waals surface area contributed by atoms with Gasteiger partial charge in [0.1, 0.15) is 35.4 Å². The number of fused-ring (bicyclic) bond motifs is 3. The summed E-state index contributed by atoms with van der Waals surface area (Å²) in [4.78, 5) is 36.5. The molecule has 2 amide bonds. The molecule has 3 aromatic heterocycles. The summed E-state index contributed by atoms with van der Waals surface area (Å²) in [7, 11) is 7.03. The third-order valence-corrected chi connectivity index (χ3v) is 11.2. The normalized spacial score (nSPS) is 18.5. The molecule has 2 aliphatic heterocycles. The summed E-state index contributed by atoms with van der Waals surface area (Å²) in [6.45, 7) is 8.92. The quantitative estimate of drug-likeness (QED) is 0.120. The number of rotatable bonds is 9. The van der Waals surface area contributed by atoms with Crippen LogP contribution in [0, 0.1) is 11.6 Å². The molecule has 0 bridgehead atoms. The lowest BCUT2D eigenvalue weighted by Gasteiger charge is -2.36. The van der Waals surface area contributed by atoms with Crippen LogP contribution in [0.25, 0.3) is 43.9 Å². The molecule has 276 valence electrons. The third-order valence-electron chi connectivity index (χ3n) is 10.2. The highest BCUT2D eigenvalue weighted by molar-refractivity contribution is 7.18. The standard InChI is InChI=1S/C40H42F2N6O4S/c1-8-34(49)47-20-22(2)48-31(23(47)3)19-30(44-48)38-36(35-29(42)17-27(41)18-33(35)52-13-12-51-7)39-28(11-14-53-39)37(43-38)25-10-9-24-16-32(40(50)45(4)5)46(6)21-26(24)15-25/h8-11,14-15,17-19,22-23,32H,1,12-13,16,20-21H2,2-7H3/t22-,23+,32+/m0/s1. The topological polar surface area (TPSA) is 93.0 Å². The molecule has 10 nitrogen and oxygen atoms in total. The zero-order valence-electron chi connectivity index (χ0n) is 30.7. The van der Waals surface area contributed by atoms with Crippen molar-refractivity contribution >= 4 is 33.2 Å². The molecule has 7 rings (SSSR count). The van der Waals surface area contributed by atoms with Crippen LogP contribution in [0.4, 0.5) is 8.78 Å². The monoisotopic (exact) mass is 740 g/mol. The molecule has 0 N–H and O–H groups in total. The van der Waals surface area contributed by atoms with Gasteiger partial charge in [0.2, 0.25) is 11.8 Å². The summed E-state index contributed by atoms with van der Waals surface area (Å²) >= 11 is 1.43. The summed E-state index contributed by atoms with van der Waals surface area (Å²) in [6.07, 6.45) is 1.90. The average Bonchev–Trinajstić information content (AvgIpc) is 3.81. The van der Waals surface area contributed by atoms with Gasteiger partial charge in [0.25, 0.3) is 0 Å². The van der Waals surface area contributed by atoms with Crippen LogP contribution >= 0.6 is 11.3 Å². The van der Waals surface area contributed by atoms with Crippen LogP contribution < -0.4 is 4.74 Å². The number of halogens is 2. The number of amides is 2. The Morgan fingerprint density at radius 3 is 2.58 bits per heavy atom. The summed E-state index contributed by atoms with van der Waals surface area (Å²) in [5.41, 5.74) is 5.90. The summed E-state index contributed by atoms with van der Waals surface area (Å²) in [6, 6.07) is 11.4. The highest BCUT2D eigenvalue weighted by atomic mass is 32.1. The second kappa shape index (κ2) is 14.4. The van der Waals surface area contributed by atoms with E-state index < -0.39 is 11.6 Å². The Morgan fingerprint density at radius 1 is 1.06 bits per heavy atom. The molecule has 2 aliphatic rings. The van der Waals surface area contributed by atoms with Crippen LogP contribution in [0.2, 0.25) is 0 Å². The van der Waals surface area contributed by atoms with E-state index in [1.807, 2.05) is 49.2 Å². The summed E-state index contributed by atoms with van der Waals surface area (Å²) in [5, 5.41) is 7.77. The molecule has 0 saturated carbocycles. The first-order valence-corrected chi connectivity index (χ1v) is 18.4. The smallest absolute Gasteiger partial charge is 0.246 e. The van der Waals surface area contributed by atoms with Gasteiger partial charge in [-0.05, 0) is 68.1 Å². The number of methoxy groups -OCH3 is 1. The van der Waals surface area contributed by atoms with Gasteiger partial charge in [-0.25, -0.2) is 13.8 Å². The average molecular weight is 741 g/mol. The Balaban J connectivity index is 1.45. The number of pyridine rings is 1. The third kappa shape index (κ3) is 6.51. The molecule has 0 aliphatic carbocycles. The van der Waals surface area contributed by atoms with Gasteiger partial charge in [-0.2, -0.15) is 5.10 Å². The maximum absolute atomic E-state index is 16.3. The Bertz CT molecular complexity index is 2250. The van der Waals surface area contributed by atoms with E-state index in [-0.39, 0.29) is 54.5 Å². The van der Waals surface area contributed by atoms with Crippen molar-refractivity contribution in [3.05, 3.63) is 89.0 Å². The number of carbonyl (C=O) groups is 2. The van der Waals surface area contributed by atoms with Gasteiger partial charge in [0.05, 0.1) is 41.7 Å². The molecular weight excluding hydrogens is 699 g/mol. The Kier molecular flexibility index (Phi) is 9.92. The second-order valence-corrected chi connectivity index (χ2v) is 14.8. The first-order chi connectivity index (χ1) is 25.4. The number of nitrogens with zero attached hydrogens (tertiary/aromatic N) is 6. The number of likely N-dealkylation sites (N-methyl/N-ethyl adjacent to an activating group) is 2. The maximum atomic E-state index is 16.3. The van der Waals surface area contributed by atoms with Crippen LogP contribution in [-0.2, 0) is 27.3 Å². The first kappa shape index (κ1) is 36.4. The molecule has 3 atom stereocenters. The minimum Gasteiger partial charge on any atom is -0.490 e. The number of aromatic nitrogens is 3. The molecule has 0 spiro atoms. The van der Waals surface area contributed by atoms with Gasteiger partial charge >= 0.3 is 0 Å². The molecular formula is C40H42F2N6O4S. The molecule has 5 heterocycles. The van der Waals surface area contributed by atoms with E-state index in [0.717, 1.165) is 38.5 Å². The van der Waals surface area contributed by atoms with E-state index in [9.17, 15) is 14.0 Å². The molecule has 53 heavy (non-hydrogen) atoms. The highest BCUT2D eigenvalue weighted by Gasteiger charge is 2.35. The summed E-state index contributed by atoms with van der Waals surface area (Å²) < 4.78 is 44.8. The van der Waals surface area contributed by atoms with Crippen molar-refractivity contribution in [1.82, 2.24) is 29.5 Å². The van der Waals surface area contributed by atoms with Crippen molar-refractivity contribution < 1.29 is 27.8 Å². The molecule has 0 saturated heterocycles. The Labute approximate surface area is 311 Å². The predicted octanol–water partition coefficient (Wildman–Crippen LogP) is 6.89. The zero-order valence-corrected chi connectivity index (χ0v) is 31.5. The number of hydrogen-bond acceptors (Lipinski definition) is 8. The van der Waals surface area contributed by atoms with Crippen molar-refractivity contribution in [3.63, 3.8) is 0 Å². The molecule has 2 aromatic carbocycles. The van der Waals surface area contributed by atoms with Crippen LogP contribution in [0.5, 0.6) is 5.75 Å². The van der Waals surface area contributed by atoms with E-state index in [1.165, 1.54) is 30.6 Å². The number of benzene rings is 2. The van der Waals surface area contributed by atoms with Gasteiger partial charge in [0, 0.05) is 67.6 Å². The molecule has 0 unspecified atom stereocenters. The molecule has 5 aromatic rings. The minimum absolute atomic E-state index is 0.0251. The number of hydrogen-bond donors (Lipinski definition) is 0. The summed E-state index contributed by atoms with van der Waals surface area (Å²) in [5.74, 6) is -1.66. The van der Waals surface area contributed by atoms with Crippen LogP contribution in [0.3, 0.4) is 0 Å². The fourth-order valence-corrected chi connectivity index (χ4v) is 8.46. The lowest BCUT2D eigenvalue weighted by atomic mass is 9.90. The second-order valence-electron chi connectivity index (χ2n) is 13.9. The Hall–Kier alpha value is -4.98. The first-order valence-electron chi connectivity index (χ1n) is 17.5. The fraction of sp³-hybridized carbons (Fsp3) is 0.350. The maximum Gasteiger partial charge on any atom is 0.246 e. The minimum atomic E-state index is -0.796. The Morgan fingerprint density at radius 2 is 1.85 bits per heavy atom. The van der Waals surface area contributed by atoms with Crippen molar-refractivity contribution in [3.8, 4) is 39.5 Å². The van der Waals surface area contributed by atoms with Crippen molar-refractivity contribution in [1.29, 1.82) is 0 Å². The van der Waals surface area contributed by atoms with Gasteiger partial charge in [0.15, 0.2) is 0 Å². The highest BCUT2D eigenvalue weighted by Crippen LogP contribution is 2.48. The van der Waals surface area contributed by atoms with Gasteiger partial charge in [-0.1, -0.05) is 18.7 Å². The molecule has 13 heteroatoms. The molecule has 0 fully saturated rings. The fourth-order valence-electron chi connectivity index (χ4n) is 7.51. The van der Waals surface area contributed by atoms with Crippen LogP contribution in [-0.4, -0.2) is 95.3 Å². The molecule has 0 radical (unpaired) electrons. The number of thiophene rings is 1. The van der Waals surface area contributed by atoms with Crippen LogP contribution in [0.1, 0.15) is 42.8 Å². The number of carbonyl (C=O) groups excluding carboxylic acids is 2. The zero-order chi connectivity index (χ0) is 37.7. The van der Waals surface area contributed by atoms with E-state index in [4.69, 9.17) is 19.6 Å². The lowest BCUT2D eigenvalue weighted by Crippen LogP contribution is -2.48. The predicted molar refractivity (Wildman–Crippen MR) is 202 cm³/mol. The van der Waals surface area contributed by atoms with Gasteiger partial charge < -0.3 is 19.3 Å². The van der Waals surface area contributed by atoms with E-state index in [2.05, 4.69) is 23.6 Å². The van der Waals surface area contributed by atoms with Crippen molar-refractivity contribution in [2.75, 3.05) is 48.0 Å². The van der Waals surface area contributed by atoms with E-state index >= 15 is 4.39 Å². The lowest BCUT2D eigenvalue weighted by molar-refractivity contribution is -0.134. The number of ether oxygens (including phenoxy) is 2. The SMILES string of the molecule is C=CC(=O)N1C[C@H](C)n2nc(-c3nc(-c4ccc5c(c4)CN(C)[C@@H](C(=O)N(C)C)C5)c4ccsc4c3-c3c(F)cc(F)cc3OCCOC)cc2[C@H]1C. The van der Waals surface area contributed by atoms with E-state index in [0.29, 0.717) is 42.2 Å². The van der Waals surface area contributed by atoms with Gasteiger partial charge in [-0.15, -0.1) is 11.3 Å². The van der Waals surface area contributed by atoms with Crippen molar-refractivity contribution in [2.24, 2.45) is 0 Å². The largest absolute Gasteiger partial charge is 0.490 e. The van der Waals surface area contributed by atoms with Crippen LogP contribution in [0.15, 0.2) is 60.5 Å². The van der Waals surface area contributed by atoms with Gasteiger partial charge in [-0.3, -0.25) is 19.2 Å². The van der Waals surface area contributed by atoms with E-state index in [1.54, 1.807) is 23.9 Å². The van der Waals surface area contributed by atoms with Crippen molar-refractivity contribution in [2.45, 2.75) is 44.9 Å².